The number of aryl methyl sites for hydroxylation is 1. The molecular weight excluding hydrogens is 428 g/mol. The van der Waals surface area contributed by atoms with Gasteiger partial charge in [-0.3, -0.25) is 9.59 Å². The highest BCUT2D eigenvalue weighted by Crippen LogP contribution is 2.24. The second-order valence-electron chi connectivity index (χ2n) is 10.0. The minimum Gasteiger partial charge on any atom is -0.338 e. The van der Waals surface area contributed by atoms with Gasteiger partial charge in [0.15, 0.2) is 5.82 Å². The van der Waals surface area contributed by atoms with Crippen molar-refractivity contribution in [2.45, 2.75) is 52.5 Å². The van der Waals surface area contributed by atoms with Gasteiger partial charge in [0.1, 0.15) is 0 Å². The molecule has 178 valence electrons. The minimum absolute atomic E-state index is 0.00102. The Labute approximate surface area is 200 Å². The molecule has 0 saturated carbocycles. The summed E-state index contributed by atoms with van der Waals surface area (Å²) in [5.74, 6) is 0.724. The highest BCUT2D eigenvalue weighted by Gasteiger charge is 2.31. The molecule has 7 heteroatoms. The molecule has 0 spiro atoms. The molecule has 1 fully saturated rings. The van der Waals surface area contributed by atoms with Crippen LogP contribution in [0.3, 0.4) is 0 Å². The van der Waals surface area contributed by atoms with Gasteiger partial charge in [-0.05, 0) is 48.6 Å². The number of hydrogen-bond acceptors (Lipinski definition) is 5. The van der Waals surface area contributed by atoms with Crippen molar-refractivity contribution in [3.05, 3.63) is 71.0 Å². The number of aromatic nitrogens is 2. The lowest BCUT2D eigenvalue weighted by molar-refractivity contribution is -0.133. The first kappa shape index (κ1) is 23.7. The Bertz CT molecular complexity index is 1180. The summed E-state index contributed by atoms with van der Waals surface area (Å²) in [4.78, 5) is 34.0. The number of rotatable bonds is 4. The van der Waals surface area contributed by atoms with E-state index in [1.54, 1.807) is 4.90 Å². The topological polar surface area (TPSA) is 79.5 Å². The van der Waals surface area contributed by atoms with Gasteiger partial charge >= 0.3 is 0 Å². The summed E-state index contributed by atoms with van der Waals surface area (Å²) in [7, 11) is 0. The van der Waals surface area contributed by atoms with Gasteiger partial charge < -0.3 is 14.3 Å². The van der Waals surface area contributed by atoms with E-state index < -0.39 is 0 Å². The summed E-state index contributed by atoms with van der Waals surface area (Å²) in [6.45, 7) is 11.9. The molecule has 0 N–H and O–H groups in total. The second kappa shape index (κ2) is 9.41. The number of piperazine rings is 1. The largest absolute Gasteiger partial charge is 0.338 e. The highest BCUT2D eigenvalue weighted by atomic mass is 16.5. The van der Waals surface area contributed by atoms with Crippen LogP contribution in [0.25, 0.3) is 11.5 Å². The van der Waals surface area contributed by atoms with E-state index in [0.29, 0.717) is 36.9 Å². The van der Waals surface area contributed by atoms with Gasteiger partial charge in [-0.15, -0.1) is 0 Å². The predicted molar refractivity (Wildman–Crippen MR) is 130 cm³/mol. The zero-order valence-corrected chi connectivity index (χ0v) is 20.5. The van der Waals surface area contributed by atoms with E-state index in [1.165, 1.54) is 5.56 Å². The number of carbonyl (C=O) groups excluding carboxylic acids is 2. The van der Waals surface area contributed by atoms with Gasteiger partial charge in [0, 0.05) is 36.8 Å². The molecule has 2 heterocycles. The number of amides is 2. The number of hydrogen-bond donors (Lipinski definition) is 0. The Morgan fingerprint density at radius 2 is 1.76 bits per heavy atom. The average Bonchev–Trinajstić information content (AvgIpc) is 3.26. The summed E-state index contributed by atoms with van der Waals surface area (Å²) in [6.07, 6.45) is 0.0737. The van der Waals surface area contributed by atoms with Gasteiger partial charge in [0.2, 0.25) is 5.91 Å². The van der Waals surface area contributed by atoms with Crippen LogP contribution < -0.4 is 0 Å². The molecule has 2 aromatic carbocycles. The molecule has 0 radical (unpaired) electrons. The summed E-state index contributed by atoms with van der Waals surface area (Å²) in [6, 6.07) is 15.5. The third-order valence-corrected chi connectivity index (χ3v) is 6.39. The van der Waals surface area contributed by atoms with E-state index in [0.717, 1.165) is 11.1 Å². The lowest BCUT2D eigenvalue weighted by Gasteiger charge is -2.40. The smallest absolute Gasteiger partial charge is 0.258 e. The van der Waals surface area contributed by atoms with E-state index in [-0.39, 0.29) is 29.7 Å². The van der Waals surface area contributed by atoms with Crippen molar-refractivity contribution in [1.82, 2.24) is 19.9 Å². The third kappa shape index (κ3) is 5.03. The van der Waals surface area contributed by atoms with Crippen LogP contribution in [-0.4, -0.2) is 57.4 Å². The molecule has 7 nitrogen and oxygen atoms in total. The molecule has 1 aromatic heterocycles. The first-order valence-electron chi connectivity index (χ1n) is 11.7. The van der Waals surface area contributed by atoms with Crippen LogP contribution in [0.5, 0.6) is 0 Å². The fraction of sp³-hybridized carbons (Fsp3) is 0.407. The minimum atomic E-state index is -0.0831. The van der Waals surface area contributed by atoms with Crippen LogP contribution >= 0.6 is 0 Å². The first-order chi connectivity index (χ1) is 16.1. The van der Waals surface area contributed by atoms with Crippen molar-refractivity contribution in [2.75, 3.05) is 19.6 Å². The van der Waals surface area contributed by atoms with Crippen LogP contribution in [-0.2, 0) is 16.6 Å². The van der Waals surface area contributed by atoms with Gasteiger partial charge in [0.25, 0.3) is 11.8 Å². The normalized spacial score (nSPS) is 16.6. The number of benzene rings is 2. The molecule has 2 amide bonds. The second-order valence-corrected chi connectivity index (χ2v) is 10.0. The molecule has 4 rings (SSSR count). The van der Waals surface area contributed by atoms with Crippen LogP contribution in [0.2, 0.25) is 0 Å². The fourth-order valence-corrected chi connectivity index (χ4v) is 4.26. The monoisotopic (exact) mass is 460 g/mol. The quantitative estimate of drug-likeness (QED) is 0.581. The Morgan fingerprint density at radius 3 is 2.41 bits per heavy atom. The molecule has 0 unspecified atom stereocenters. The lowest BCUT2D eigenvalue weighted by atomic mass is 9.86. The zero-order chi connectivity index (χ0) is 24.5. The molecule has 1 atom stereocenters. The summed E-state index contributed by atoms with van der Waals surface area (Å²) in [5.41, 5.74) is 3.81. The van der Waals surface area contributed by atoms with Crippen molar-refractivity contribution in [2.24, 2.45) is 0 Å². The molecule has 1 aliphatic rings. The predicted octanol–water partition coefficient (Wildman–Crippen LogP) is 4.26. The van der Waals surface area contributed by atoms with Crippen molar-refractivity contribution >= 4 is 11.8 Å². The van der Waals surface area contributed by atoms with Crippen molar-refractivity contribution in [3.63, 3.8) is 0 Å². The van der Waals surface area contributed by atoms with Gasteiger partial charge in [0.05, 0.1) is 6.42 Å². The molecular formula is C27H32N4O3. The molecule has 3 aromatic rings. The third-order valence-electron chi connectivity index (χ3n) is 6.39. The average molecular weight is 461 g/mol. The van der Waals surface area contributed by atoms with E-state index >= 15 is 0 Å². The Balaban J connectivity index is 1.36. The SMILES string of the molecule is Cc1ccccc1-c1nc(CC(=O)N2CCN(C(=O)c3ccc(C(C)(C)C)cc3)[C@@H](C)C2)no1. The van der Waals surface area contributed by atoms with Crippen LogP contribution in [0.15, 0.2) is 53.1 Å². The zero-order valence-electron chi connectivity index (χ0n) is 20.5. The van der Waals surface area contributed by atoms with Gasteiger partial charge in [-0.2, -0.15) is 4.98 Å². The number of nitrogens with zero attached hydrogens (tertiary/aromatic N) is 4. The van der Waals surface area contributed by atoms with Crippen molar-refractivity contribution in [1.29, 1.82) is 0 Å². The standard InChI is InChI=1S/C27H32N4O3/c1-18-8-6-7-9-22(18)25-28-23(29-34-25)16-24(32)30-14-15-31(19(2)17-30)26(33)20-10-12-21(13-11-20)27(3,4)5/h6-13,19H,14-17H2,1-5H3/t19-/m0/s1. The molecule has 34 heavy (non-hydrogen) atoms. The number of carbonyl (C=O) groups is 2. The fourth-order valence-electron chi connectivity index (χ4n) is 4.26. The Hall–Kier alpha value is -3.48. The molecule has 1 aliphatic heterocycles. The summed E-state index contributed by atoms with van der Waals surface area (Å²) in [5, 5.41) is 4.00. The maximum atomic E-state index is 13.1. The molecule has 0 aliphatic carbocycles. The Morgan fingerprint density at radius 1 is 1.06 bits per heavy atom. The van der Waals surface area contributed by atoms with E-state index in [1.807, 2.05) is 67.3 Å². The Kier molecular flexibility index (Phi) is 6.55. The van der Waals surface area contributed by atoms with Crippen molar-refractivity contribution < 1.29 is 14.1 Å². The highest BCUT2D eigenvalue weighted by molar-refractivity contribution is 5.94. The molecule has 1 saturated heterocycles. The lowest BCUT2D eigenvalue weighted by Crippen LogP contribution is -2.55. The van der Waals surface area contributed by atoms with Crippen LogP contribution in [0.1, 0.15) is 55.0 Å². The molecule has 0 bridgehead atoms. The van der Waals surface area contributed by atoms with Crippen LogP contribution in [0, 0.1) is 6.92 Å². The first-order valence-corrected chi connectivity index (χ1v) is 11.7. The van der Waals surface area contributed by atoms with E-state index in [2.05, 4.69) is 30.9 Å². The summed E-state index contributed by atoms with van der Waals surface area (Å²) >= 11 is 0. The van der Waals surface area contributed by atoms with Crippen LogP contribution in [0.4, 0.5) is 0 Å². The van der Waals surface area contributed by atoms with E-state index in [4.69, 9.17) is 4.52 Å². The van der Waals surface area contributed by atoms with Gasteiger partial charge in [-0.1, -0.05) is 56.3 Å². The van der Waals surface area contributed by atoms with E-state index in [9.17, 15) is 9.59 Å². The maximum absolute atomic E-state index is 13.1. The maximum Gasteiger partial charge on any atom is 0.258 e. The van der Waals surface area contributed by atoms with Crippen molar-refractivity contribution in [3.8, 4) is 11.5 Å². The summed E-state index contributed by atoms with van der Waals surface area (Å²) < 4.78 is 5.38. The van der Waals surface area contributed by atoms with Gasteiger partial charge in [-0.25, -0.2) is 0 Å².